The van der Waals surface area contributed by atoms with Crippen LogP contribution in [0.25, 0.3) is 0 Å². The summed E-state index contributed by atoms with van der Waals surface area (Å²) in [7, 11) is 0. The molecule has 3 heteroatoms. The van der Waals surface area contributed by atoms with E-state index in [-0.39, 0.29) is 0 Å². The molecule has 0 aliphatic rings. The van der Waals surface area contributed by atoms with Crippen molar-refractivity contribution in [3.8, 4) is 5.75 Å². The highest BCUT2D eigenvalue weighted by Gasteiger charge is 1.94. The Morgan fingerprint density at radius 1 is 1.00 bits per heavy atom. The molecule has 3 nitrogen and oxygen atoms in total. The van der Waals surface area contributed by atoms with E-state index in [1.54, 1.807) is 0 Å². The third-order valence-electron chi connectivity index (χ3n) is 2.65. The SMILES string of the molecule is Cc1cccc(OCCNOCc2ccccc2)c1. The molecule has 0 radical (unpaired) electrons. The molecule has 0 spiro atoms. The first kappa shape index (κ1) is 13.6. The third-order valence-corrected chi connectivity index (χ3v) is 2.65. The van der Waals surface area contributed by atoms with E-state index < -0.39 is 0 Å². The minimum absolute atomic E-state index is 0.561. The zero-order chi connectivity index (χ0) is 13.3. The van der Waals surface area contributed by atoms with Gasteiger partial charge in [0.25, 0.3) is 0 Å². The predicted molar refractivity (Wildman–Crippen MR) is 75.9 cm³/mol. The van der Waals surface area contributed by atoms with Crippen LogP contribution in [0.15, 0.2) is 54.6 Å². The van der Waals surface area contributed by atoms with Crippen LogP contribution >= 0.6 is 0 Å². The van der Waals surface area contributed by atoms with Crippen LogP contribution in [0.1, 0.15) is 11.1 Å². The Morgan fingerprint density at radius 3 is 2.63 bits per heavy atom. The maximum absolute atomic E-state index is 5.60. The average molecular weight is 257 g/mol. The van der Waals surface area contributed by atoms with E-state index in [0.29, 0.717) is 19.8 Å². The molecular weight excluding hydrogens is 238 g/mol. The maximum Gasteiger partial charge on any atom is 0.119 e. The van der Waals surface area contributed by atoms with E-state index in [2.05, 4.69) is 5.48 Å². The fourth-order valence-corrected chi connectivity index (χ4v) is 1.70. The van der Waals surface area contributed by atoms with Crippen LogP contribution in [-0.2, 0) is 11.4 Å². The molecule has 0 aromatic heterocycles. The molecule has 0 unspecified atom stereocenters. The van der Waals surface area contributed by atoms with E-state index >= 15 is 0 Å². The molecule has 0 bridgehead atoms. The minimum Gasteiger partial charge on any atom is -0.492 e. The maximum atomic E-state index is 5.60. The van der Waals surface area contributed by atoms with Crippen molar-refractivity contribution in [3.05, 3.63) is 65.7 Å². The van der Waals surface area contributed by atoms with Gasteiger partial charge in [0.1, 0.15) is 12.4 Å². The number of hydroxylamine groups is 1. The lowest BCUT2D eigenvalue weighted by molar-refractivity contribution is 0.0216. The fourth-order valence-electron chi connectivity index (χ4n) is 1.70. The summed E-state index contributed by atoms with van der Waals surface area (Å²) in [5.41, 5.74) is 5.24. The first-order chi connectivity index (χ1) is 9.34. The van der Waals surface area contributed by atoms with Gasteiger partial charge < -0.3 is 4.74 Å². The molecule has 2 rings (SSSR count). The van der Waals surface area contributed by atoms with E-state index in [0.717, 1.165) is 11.3 Å². The molecule has 0 atom stereocenters. The first-order valence-electron chi connectivity index (χ1n) is 6.42. The summed E-state index contributed by atoms with van der Waals surface area (Å²) in [6.45, 7) is 3.85. The number of hydrogen-bond donors (Lipinski definition) is 1. The van der Waals surface area contributed by atoms with Gasteiger partial charge in [0.05, 0.1) is 13.2 Å². The lowest BCUT2D eigenvalue weighted by Crippen LogP contribution is -2.21. The van der Waals surface area contributed by atoms with Crippen molar-refractivity contribution >= 4 is 0 Å². The monoisotopic (exact) mass is 257 g/mol. The lowest BCUT2D eigenvalue weighted by atomic mass is 10.2. The second-order valence-corrected chi connectivity index (χ2v) is 4.33. The van der Waals surface area contributed by atoms with Crippen LogP contribution in [0.3, 0.4) is 0 Å². The normalized spacial score (nSPS) is 10.4. The Hall–Kier alpha value is -1.84. The Morgan fingerprint density at radius 2 is 1.84 bits per heavy atom. The molecule has 0 fully saturated rings. The number of nitrogens with one attached hydrogen (secondary N) is 1. The summed E-state index contributed by atoms with van der Waals surface area (Å²) in [4.78, 5) is 5.35. The van der Waals surface area contributed by atoms with Gasteiger partial charge in [-0.05, 0) is 30.2 Å². The van der Waals surface area contributed by atoms with E-state index in [1.165, 1.54) is 5.56 Å². The van der Waals surface area contributed by atoms with Crippen molar-refractivity contribution in [2.24, 2.45) is 0 Å². The van der Waals surface area contributed by atoms with E-state index in [4.69, 9.17) is 9.57 Å². The van der Waals surface area contributed by atoms with Gasteiger partial charge >= 0.3 is 0 Å². The van der Waals surface area contributed by atoms with E-state index in [9.17, 15) is 0 Å². The van der Waals surface area contributed by atoms with Crippen LogP contribution in [0.2, 0.25) is 0 Å². The molecular formula is C16H19NO2. The van der Waals surface area contributed by atoms with Crippen LogP contribution in [0, 0.1) is 6.92 Å². The second kappa shape index (κ2) is 7.56. The van der Waals surface area contributed by atoms with Gasteiger partial charge in [-0.15, -0.1) is 0 Å². The molecule has 0 aliphatic heterocycles. The molecule has 2 aromatic carbocycles. The summed E-state index contributed by atoms with van der Waals surface area (Å²) in [5.74, 6) is 0.893. The first-order valence-corrected chi connectivity index (χ1v) is 6.42. The molecule has 0 aliphatic carbocycles. The molecule has 0 saturated heterocycles. The molecule has 2 aromatic rings. The Labute approximate surface area is 114 Å². The third kappa shape index (κ3) is 5.12. The molecule has 100 valence electrons. The van der Waals surface area contributed by atoms with Crippen molar-refractivity contribution in [3.63, 3.8) is 0 Å². The molecule has 0 amide bonds. The minimum atomic E-state index is 0.561. The van der Waals surface area contributed by atoms with Crippen molar-refractivity contribution in [1.29, 1.82) is 0 Å². The number of ether oxygens (including phenoxy) is 1. The molecule has 0 heterocycles. The van der Waals surface area contributed by atoms with Crippen molar-refractivity contribution in [2.75, 3.05) is 13.2 Å². The predicted octanol–water partition coefficient (Wildman–Crippen LogP) is 3.10. The number of aryl methyl sites for hydroxylation is 1. The fraction of sp³-hybridized carbons (Fsp3) is 0.250. The van der Waals surface area contributed by atoms with Gasteiger partial charge in [0, 0.05) is 0 Å². The summed E-state index contributed by atoms with van der Waals surface area (Å²) in [6.07, 6.45) is 0. The van der Waals surface area contributed by atoms with Crippen molar-refractivity contribution in [2.45, 2.75) is 13.5 Å². The Bertz CT molecular complexity index is 485. The van der Waals surface area contributed by atoms with Gasteiger partial charge in [-0.2, -0.15) is 5.48 Å². The number of benzene rings is 2. The van der Waals surface area contributed by atoms with Crippen LogP contribution in [0.5, 0.6) is 5.75 Å². The average Bonchev–Trinajstić information content (AvgIpc) is 2.44. The zero-order valence-electron chi connectivity index (χ0n) is 11.1. The van der Waals surface area contributed by atoms with Gasteiger partial charge in [-0.25, -0.2) is 0 Å². The highest BCUT2D eigenvalue weighted by molar-refractivity contribution is 5.27. The van der Waals surface area contributed by atoms with Gasteiger partial charge in [0.15, 0.2) is 0 Å². The molecule has 1 N–H and O–H groups in total. The Kier molecular flexibility index (Phi) is 5.41. The smallest absolute Gasteiger partial charge is 0.119 e. The lowest BCUT2D eigenvalue weighted by Gasteiger charge is -2.08. The highest BCUT2D eigenvalue weighted by atomic mass is 16.6. The summed E-state index contributed by atoms with van der Waals surface area (Å²) >= 11 is 0. The highest BCUT2D eigenvalue weighted by Crippen LogP contribution is 2.11. The summed E-state index contributed by atoms with van der Waals surface area (Å²) < 4.78 is 5.60. The van der Waals surface area contributed by atoms with Crippen LogP contribution in [-0.4, -0.2) is 13.2 Å². The zero-order valence-corrected chi connectivity index (χ0v) is 11.1. The second-order valence-electron chi connectivity index (χ2n) is 4.33. The quantitative estimate of drug-likeness (QED) is 0.610. The van der Waals surface area contributed by atoms with Crippen LogP contribution < -0.4 is 10.2 Å². The van der Waals surface area contributed by atoms with E-state index in [1.807, 2.05) is 61.5 Å². The molecule has 0 saturated carbocycles. The van der Waals surface area contributed by atoms with Crippen molar-refractivity contribution < 1.29 is 9.57 Å². The summed E-state index contributed by atoms with van der Waals surface area (Å²) in [6, 6.07) is 18.1. The van der Waals surface area contributed by atoms with Crippen LogP contribution in [0.4, 0.5) is 0 Å². The summed E-state index contributed by atoms with van der Waals surface area (Å²) in [5, 5.41) is 0. The van der Waals surface area contributed by atoms with Crippen molar-refractivity contribution in [1.82, 2.24) is 5.48 Å². The topological polar surface area (TPSA) is 30.5 Å². The number of rotatable bonds is 7. The van der Waals surface area contributed by atoms with Gasteiger partial charge in [-0.3, -0.25) is 4.84 Å². The Balaban J connectivity index is 1.58. The van der Waals surface area contributed by atoms with Gasteiger partial charge in [-0.1, -0.05) is 42.5 Å². The van der Waals surface area contributed by atoms with Gasteiger partial charge in [0.2, 0.25) is 0 Å². The number of hydrogen-bond acceptors (Lipinski definition) is 3. The standard InChI is InChI=1S/C16H19NO2/c1-14-6-5-9-16(12-14)18-11-10-17-19-13-15-7-3-2-4-8-15/h2-9,12,17H,10-11,13H2,1H3. The molecule has 19 heavy (non-hydrogen) atoms. The largest absolute Gasteiger partial charge is 0.492 e.